The SMILES string of the molecule is CCCCCCCCCCCCC(NC)C1CCC(C)O1. The van der Waals surface area contributed by atoms with E-state index in [1.807, 2.05) is 0 Å². The lowest BCUT2D eigenvalue weighted by atomic mass is 9.99. The van der Waals surface area contributed by atoms with E-state index in [0.717, 1.165) is 0 Å². The summed E-state index contributed by atoms with van der Waals surface area (Å²) in [5.41, 5.74) is 0. The zero-order valence-electron chi connectivity index (χ0n) is 14.8. The Balaban J connectivity index is 1.90. The first kappa shape index (κ1) is 19.0. The van der Waals surface area contributed by atoms with Crippen molar-refractivity contribution in [3.8, 4) is 0 Å². The van der Waals surface area contributed by atoms with Crippen molar-refractivity contribution in [2.45, 2.75) is 116 Å². The van der Waals surface area contributed by atoms with E-state index in [0.29, 0.717) is 18.2 Å². The summed E-state index contributed by atoms with van der Waals surface area (Å²) in [4.78, 5) is 0. The molecule has 0 aromatic rings. The van der Waals surface area contributed by atoms with Gasteiger partial charge in [-0.3, -0.25) is 0 Å². The Morgan fingerprint density at radius 3 is 1.95 bits per heavy atom. The van der Waals surface area contributed by atoms with Gasteiger partial charge >= 0.3 is 0 Å². The van der Waals surface area contributed by atoms with Crippen LogP contribution < -0.4 is 5.32 Å². The standard InChI is InChI=1S/C19H39NO/c1-4-5-6-7-8-9-10-11-12-13-14-18(20-3)19-16-15-17(2)21-19/h17-20H,4-16H2,1-3H3. The van der Waals surface area contributed by atoms with Crippen molar-refractivity contribution in [3.63, 3.8) is 0 Å². The van der Waals surface area contributed by atoms with Crippen molar-refractivity contribution in [3.05, 3.63) is 0 Å². The second-order valence-corrected chi connectivity index (χ2v) is 6.93. The number of hydrogen-bond donors (Lipinski definition) is 1. The van der Waals surface area contributed by atoms with Crippen molar-refractivity contribution in [2.24, 2.45) is 0 Å². The summed E-state index contributed by atoms with van der Waals surface area (Å²) < 4.78 is 5.99. The van der Waals surface area contributed by atoms with Crippen molar-refractivity contribution in [1.82, 2.24) is 5.32 Å². The molecule has 2 heteroatoms. The van der Waals surface area contributed by atoms with Crippen LogP contribution in [0.1, 0.15) is 97.3 Å². The molecule has 1 fully saturated rings. The molecule has 0 saturated carbocycles. The van der Waals surface area contributed by atoms with E-state index < -0.39 is 0 Å². The molecular formula is C19H39NO. The topological polar surface area (TPSA) is 21.3 Å². The third-order valence-electron chi connectivity index (χ3n) is 4.95. The Morgan fingerprint density at radius 1 is 0.905 bits per heavy atom. The lowest BCUT2D eigenvalue weighted by Gasteiger charge is -2.23. The molecule has 0 radical (unpaired) electrons. The van der Waals surface area contributed by atoms with E-state index in [9.17, 15) is 0 Å². The number of rotatable bonds is 13. The van der Waals surface area contributed by atoms with Gasteiger partial charge in [-0.05, 0) is 33.2 Å². The minimum atomic E-state index is 0.462. The summed E-state index contributed by atoms with van der Waals surface area (Å²) >= 11 is 0. The fourth-order valence-corrected chi connectivity index (χ4v) is 3.50. The van der Waals surface area contributed by atoms with Crippen LogP contribution in [0.15, 0.2) is 0 Å². The Kier molecular flexibility index (Phi) is 11.3. The Morgan fingerprint density at radius 2 is 1.48 bits per heavy atom. The highest BCUT2D eigenvalue weighted by Crippen LogP contribution is 2.24. The third-order valence-corrected chi connectivity index (χ3v) is 4.95. The molecule has 1 rings (SSSR count). The summed E-state index contributed by atoms with van der Waals surface area (Å²) in [7, 11) is 2.09. The molecule has 126 valence electrons. The van der Waals surface area contributed by atoms with Crippen LogP contribution in [0, 0.1) is 0 Å². The molecule has 3 atom stereocenters. The Hall–Kier alpha value is -0.0800. The lowest BCUT2D eigenvalue weighted by Crippen LogP contribution is -2.37. The average molecular weight is 298 g/mol. The predicted octanol–water partition coefficient (Wildman–Crippen LogP) is 5.45. The molecule has 0 amide bonds. The van der Waals surface area contributed by atoms with Crippen molar-refractivity contribution in [1.29, 1.82) is 0 Å². The van der Waals surface area contributed by atoms with Gasteiger partial charge in [0.2, 0.25) is 0 Å². The van der Waals surface area contributed by atoms with Gasteiger partial charge in [-0.2, -0.15) is 0 Å². The van der Waals surface area contributed by atoms with Gasteiger partial charge in [0.15, 0.2) is 0 Å². The monoisotopic (exact) mass is 297 g/mol. The molecule has 0 aromatic heterocycles. The zero-order chi connectivity index (χ0) is 15.3. The molecule has 0 bridgehead atoms. The Bertz CT molecular complexity index is 232. The molecular weight excluding hydrogens is 258 g/mol. The van der Waals surface area contributed by atoms with E-state index >= 15 is 0 Å². The number of hydrogen-bond acceptors (Lipinski definition) is 2. The molecule has 0 spiro atoms. The van der Waals surface area contributed by atoms with Gasteiger partial charge in [-0.1, -0.05) is 71.1 Å². The van der Waals surface area contributed by atoms with Crippen LogP contribution in [0.4, 0.5) is 0 Å². The first-order valence-corrected chi connectivity index (χ1v) is 9.60. The van der Waals surface area contributed by atoms with Crippen LogP contribution in [0.5, 0.6) is 0 Å². The highest BCUT2D eigenvalue weighted by molar-refractivity contribution is 4.81. The maximum atomic E-state index is 5.99. The minimum absolute atomic E-state index is 0.462. The maximum absolute atomic E-state index is 5.99. The molecule has 1 heterocycles. The van der Waals surface area contributed by atoms with E-state index in [1.54, 1.807) is 0 Å². The largest absolute Gasteiger partial charge is 0.374 e. The van der Waals surface area contributed by atoms with Gasteiger partial charge in [0.25, 0.3) is 0 Å². The van der Waals surface area contributed by atoms with Gasteiger partial charge < -0.3 is 10.1 Å². The van der Waals surface area contributed by atoms with Crippen LogP contribution in [0.3, 0.4) is 0 Å². The quantitative estimate of drug-likeness (QED) is 0.456. The molecule has 1 saturated heterocycles. The van der Waals surface area contributed by atoms with E-state index in [2.05, 4.69) is 26.2 Å². The molecule has 0 aromatic carbocycles. The molecule has 1 N–H and O–H groups in total. The van der Waals surface area contributed by atoms with Crippen LogP contribution in [0.2, 0.25) is 0 Å². The summed E-state index contributed by atoms with van der Waals surface area (Å²) in [5, 5.41) is 3.47. The van der Waals surface area contributed by atoms with Gasteiger partial charge in [0.05, 0.1) is 12.2 Å². The van der Waals surface area contributed by atoms with E-state index in [-0.39, 0.29) is 0 Å². The summed E-state index contributed by atoms with van der Waals surface area (Å²) in [6.07, 6.45) is 18.9. The van der Waals surface area contributed by atoms with Crippen LogP contribution >= 0.6 is 0 Å². The first-order valence-electron chi connectivity index (χ1n) is 9.60. The Labute approximate surface area is 133 Å². The van der Waals surface area contributed by atoms with E-state index in [1.165, 1.54) is 83.5 Å². The van der Waals surface area contributed by atoms with Gasteiger partial charge in [0, 0.05) is 6.04 Å². The van der Waals surface area contributed by atoms with E-state index in [4.69, 9.17) is 4.74 Å². The van der Waals surface area contributed by atoms with Crippen LogP contribution in [-0.4, -0.2) is 25.3 Å². The molecule has 2 nitrogen and oxygen atoms in total. The molecule has 1 aliphatic rings. The lowest BCUT2D eigenvalue weighted by molar-refractivity contribution is 0.0312. The summed E-state index contributed by atoms with van der Waals surface area (Å²) in [5.74, 6) is 0. The fraction of sp³-hybridized carbons (Fsp3) is 1.00. The smallest absolute Gasteiger partial charge is 0.0732 e. The van der Waals surface area contributed by atoms with Crippen molar-refractivity contribution >= 4 is 0 Å². The second-order valence-electron chi connectivity index (χ2n) is 6.93. The highest BCUT2D eigenvalue weighted by Gasteiger charge is 2.28. The number of ether oxygens (including phenoxy) is 1. The number of likely N-dealkylation sites (N-methyl/N-ethyl adjacent to an activating group) is 1. The average Bonchev–Trinajstić information content (AvgIpc) is 2.91. The predicted molar refractivity (Wildman–Crippen MR) is 92.9 cm³/mol. The number of nitrogens with one attached hydrogen (secondary N) is 1. The van der Waals surface area contributed by atoms with Gasteiger partial charge in [0.1, 0.15) is 0 Å². The maximum Gasteiger partial charge on any atom is 0.0732 e. The molecule has 0 aliphatic carbocycles. The summed E-state index contributed by atoms with van der Waals surface area (Å²) in [6.45, 7) is 4.49. The summed E-state index contributed by atoms with van der Waals surface area (Å²) in [6, 6.07) is 0.573. The third kappa shape index (κ3) is 8.83. The molecule has 1 aliphatic heterocycles. The van der Waals surface area contributed by atoms with Crippen LogP contribution in [0.25, 0.3) is 0 Å². The normalized spacial score (nSPS) is 23.6. The fourth-order valence-electron chi connectivity index (χ4n) is 3.50. The van der Waals surface area contributed by atoms with Crippen molar-refractivity contribution < 1.29 is 4.74 Å². The highest BCUT2D eigenvalue weighted by atomic mass is 16.5. The molecule has 3 unspecified atom stereocenters. The van der Waals surface area contributed by atoms with Gasteiger partial charge in [-0.15, -0.1) is 0 Å². The first-order chi connectivity index (χ1) is 10.3. The zero-order valence-corrected chi connectivity index (χ0v) is 14.8. The minimum Gasteiger partial charge on any atom is -0.374 e. The number of unbranched alkanes of at least 4 members (excludes halogenated alkanes) is 9. The van der Waals surface area contributed by atoms with Crippen molar-refractivity contribution in [2.75, 3.05) is 7.05 Å². The van der Waals surface area contributed by atoms with Crippen LogP contribution in [-0.2, 0) is 4.74 Å². The van der Waals surface area contributed by atoms with Gasteiger partial charge in [-0.25, -0.2) is 0 Å². The second kappa shape index (κ2) is 12.5. The molecule has 21 heavy (non-hydrogen) atoms.